The van der Waals surface area contributed by atoms with Crippen LogP contribution in [0.4, 0.5) is 0 Å². The van der Waals surface area contributed by atoms with Crippen LogP contribution < -0.4 is 5.32 Å². The first-order valence-corrected chi connectivity index (χ1v) is 6.51. The third-order valence-electron chi connectivity index (χ3n) is 3.85. The Morgan fingerprint density at radius 1 is 1.07 bits per heavy atom. The van der Waals surface area contributed by atoms with Gasteiger partial charge in [-0.3, -0.25) is 5.32 Å². The van der Waals surface area contributed by atoms with Crippen LogP contribution in [-0.2, 0) is 0 Å². The lowest BCUT2D eigenvalue weighted by Crippen LogP contribution is -2.45. The first kappa shape index (κ1) is 11.0. The van der Waals surface area contributed by atoms with E-state index in [1.54, 1.807) is 0 Å². The molecule has 2 aliphatic carbocycles. The van der Waals surface area contributed by atoms with Gasteiger partial charge >= 0.3 is 0 Å². The molecule has 2 heteroatoms. The van der Waals surface area contributed by atoms with Crippen LogP contribution in [0.1, 0.15) is 57.8 Å². The van der Waals surface area contributed by atoms with Crippen LogP contribution in [0.25, 0.3) is 0 Å². The van der Waals surface area contributed by atoms with Gasteiger partial charge in [-0.05, 0) is 38.1 Å². The van der Waals surface area contributed by atoms with Crippen LogP contribution >= 0.6 is 0 Å². The van der Waals surface area contributed by atoms with E-state index in [-0.39, 0.29) is 5.54 Å². The summed E-state index contributed by atoms with van der Waals surface area (Å²) in [7, 11) is 0. The Balaban J connectivity index is 1.87. The summed E-state index contributed by atoms with van der Waals surface area (Å²) in [5.74, 6) is 0.876. The fourth-order valence-electron chi connectivity index (χ4n) is 2.50. The van der Waals surface area contributed by atoms with Crippen molar-refractivity contribution in [2.45, 2.75) is 63.3 Å². The Labute approximate surface area is 93.0 Å². The van der Waals surface area contributed by atoms with Crippen LogP contribution in [-0.4, -0.2) is 12.1 Å². The predicted octanol–water partition coefficient (Wildman–Crippen LogP) is 2.99. The minimum atomic E-state index is -0.178. The van der Waals surface area contributed by atoms with Gasteiger partial charge in [0.25, 0.3) is 0 Å². The van der Waals surface area contributed by atoms with Crippen molar-refractivity contribution in [1.82, 2.24) is 5.32 Å². The van der Waals surface area contributed by atoms with E-state index in [2.05, 4.69) is 11.4 Å². The van der Waals surface area contributed by atoms with Crippen LogP contribution in [0, 0.1) is 17.2 Å². The van der Waals surface area contributed by atoms with Gasteiger partial charge in [-0.15, -0.1) is 0 Å². The number of nitriles is 1. The summed E-state index contributed by atoms with van der Waals surface area (Å²) in [6, 6.07) is 2.56. The molecule has 2 saturated carbocycles. The molecule has 0 aliphatic heterocycles. The van der Waals surface area contributed by atoms with E-state index in [1.165, 1.54) is 44.9 Å². The summed E-state index contributed by atoms with van der Waals surface area (Å²) >= 11 is 0. The average molecular weight is 206 g/mol. The molecule has 0 saturated heterocycles. The summed E-state index contributed by atoms with van der Waals surface area (Å²) in [5.41, 5.74) is -0.178. The summed E-state index contributed by atoms with van der Waals surface area (Å²) in [6.45, 7) is 1.08. The Hall–Kier alpha value is -0.550. The standard InChI is InChI=1S/C13H22N2/c14-11-13(15-10-12-6-7-12)8-4-2-1-3-5-9-13/h12,15H,1-10H2. The molecule has 0 aromatic rings. The van der Waals surface area contributed by atoms with Gasteiger partial charge in [-0.1, -0.05) is 32.1 Å². The van der Waals surface area contributed by atoms with E-state index >= 15 is 0 Å². The fourth-order valence-corrected chi connectivity index (χ4v) is 2.50. The Morgan fingerprint density at radius 2 is 1.67 bits per heavy atom. The summed E-state index contributed by atoms with van der Waals surface area (Å²) in [4.78, 5) is 0. The number of rotatable bonds is 3. The molecule has 0 unspecified atom stereocenters. The maximum absolute atomic E-state index is 9.38. The minimum Gasteiger partial charge on any atom is -0.299 e. The van der Waals surface area contributed by atoms with Crippen molar-refractivity contribution < 1.29 is 0 Å². The molecule has 1 N–H and O–H groups in total. The lowest BCUT2D eigenvalue weighted by Gasteiger charge is -2.30. The lowest BCUT2D eigenvalue weighted by atomic mass is 9.85. The van der Waals surface area contributed by atoms with Gasteiger partial charge in [0.2, 0.25) is 0 Å². The Kier molecular flexibility index (Phi) is 3.64. The second-order valence-electron chi connectivity index (χ2n) is 5.29. The second-order valence-corrected chi connectivity index (χ2v) is 5.29. The fraction of sp³-hybridized carbons (Fsp3) is 0.923. The van der Waals surface area contributed by atoms with Gasteiger partial charge in [0.1, 0.15) is 5.54 Å². The molecule has 2 aliphatic rings. The van der Waals surface area contributed by atoms with Gasteiger partial charge in [0.05, 0.1) is 6.07 Å². The molecular formula is C13H22N2. The summed E-state index contributed by atoms with van der Waals surface area (Å²) in [6.07, 6.45) is 11.3. The minimum absolute atomic E-state index is 0.178. The van der Waals surface area contributed by atoms with Gasteiger partial charge in [0, 0.05) is 0 Å². The zero-order chi connectivity index (χ0) is 10.6. The molecule has 0 radical (unpaired) electrons. The molecule has 0 bridgehead atoms. The molecule has 2 rings (SSSR count). The van der Waals surface area contributed by atoms with Crippen molar-refractivity contribution >= 4 is 0 Å². The summed E-state index contributed by atoms with van der Waals surface area (Å²) < 4.78 is 0. The van der Waals surface area contributed by atoms with E-state index in [1.807, 2.05) is 0 Å². The van der Waals surface area contributed by atoms with E-state index in [9.17, 15) is 5.26 Å². The zero-order valence-electron chi connectivity index (χ0n) is 9.60. The molecule has 84 valence electrons. The first-order chi connectivity index (χ1) is 7.35. The smallest absolute Gasteiger partial charge is 0.106 e. The molecule has 0 amide bonds. The number of hydrogen-bond acceptors (Lipinski definition) is 2. The molecule has 15 heavy (non-hydrogen) atoms. The molecule has 0 aromatic carbocycles. The molecule has 0 atom stereocenters. The van der Waals surface area contributed by atoms with E-state index in [0.29, 0.717) is 0 Å². The van der Waals surface area contributed by atoms with Crippen LogP contribution in [0.3, 0.4) is 0 Å². The highest BCUT2D eigenvalue weighted by Gasteiger charge is 2.32. The monoisotopic (exact) mass is 206 g/mol. The van der Waals surface area contributed by atoms with Gasteiger partial charge in [0.15, 0.2) is 0 Å². The third-order valence-corrected chi connectivity index (χ3v) is 3.85. The zero-order valence-corrected chi connectivity index (χ0v) is 9.60. The number of nitrogens with one attached hydrogen (secondary N) is 1. The van der Waals surface area contributed by atoms with E-state index < -0.39 is 0 Å². The molecule has 2 fully saturated rings. The molecule has 0 spiro atoms. The second kappa shape index (κ2) is 4.99. The average Bonchev–Trinajstić information content (AvgIpc) is 3.01. The van der Waals surface area contributed by atoms with Crippen LogP contribution in [0.2, 0.25) is 0 Å². The normalized spacial score (nSPS) is 26.3. The highest BCUT2D eigenvalue weighted by molar-refractivity contribution is 5.07. The maximum atomic E-state index is 9.38. The van der Waals surface area contributed by atoms with Crippen LogP contribution in [0.15, 0.2) is 0 Å². The van der Waals surface area contributed by atoms with Crippen molar-refractivity contribution in [2.24, 2.45) is 5.92 Å². The van der Waals surface area contributed by atoms with Gasteiger partial charge in [-0.25, -0.2) is 0 Å². The first-order valence-electron chi connectivity index (χ1n) is 6.51. The predicted molar refractivity (Wildman–Crippen MR) is 61.4 cm³/mol. The van der Waals surface area contributed by atoms with E-state index in [4.69, 9.17) is 0 Å². The lowest BCUT2D eigenvalue weighted by molar-refractivity contribution is 0.313. The SMILES string of the molecule is N#CC1(NCC2CC2)CCCCCCC1. The summed E-state index contributed by atoms with van der Waals surface area (Å²) in [5, 5.41) is 12.9. The molecule has 0 heterocycles. The number of hydrogen-bond donors (Lipinski definition) is 1. The highest BCUT2D eigenvalue weighted by atomic mass is 15.0. The van der Waals surface area contributed by atoms with Crippen molar-refractivity contribution in [1.29, 1.82) is 5.26 Å². The van der Waals surface area contributed by atoms with E-state index in [0.717, 1.165) is 25.3 Å². The Morgan fingerprint density at radius 3 is 2.20 bits per heavy atom. The molecule has 0 aromatic heterocycles. The van der Waals surface area contributed by atoms with Crippen LogP contribution in [0.5, 0.6) is 0 Å². The third kappa shape index (κ3) is 3.21. The van der Waals surface area contributed by atoms with Gasteiger partial charge in [-0.2, -0.15) is 5.26 Å². The van der Waals surface area contributed by atoms with Gasteiger partial charge < -0.3 is 0 Å². The number of nitrogens with zero attached hydrogens (tertiary/aromatic N) is 1. The Bertz CT molecular complexity index is 229. The topological polar surface area (TPSA) is 35.8 Å². The van der Waals surface area contributed by atoms with Crippen molar-refractivity contribution in [3.8, 4) is 6.07 Å². The van der Waals surface area contributed by atoms with Crippen molar-refractivity contribution in [3.63, 3.8) is 0 Å². The molecule has 2 nitrogen and oxygen atoms in total. The quantitative estimate of drug-likeness (QED) is 0.770. The highest BCUT2D eigenvalue weighted by Crippen LogP contribution is 2.31. The molecular weight excluding hydrogens is 184 g/mol. The maximum Gasteiger partial charge on any atom is 0.106 e. The largest absolute Gasteiger partial charge is 0.299 e. The van der Waals surface area contributed by atoms with Crippen molar-refractivity contribution in [3.05, 3.63) is 0 Å². The van der Waals surface area contributed by atoms with Crippen molar-refractivity contribution in [2.75, 3.05) is 6.54 Å².